The van der Waals surface area contributed by atoms with Crippen LogP contribution in [0.4, 0.5) is 15.6 Å². The topological polar surface area (TPSA) is 104 Å². The van der Waals surface area contributed by atoms with Gasteiger partial charge in [0.15, 0.2) is 11.0 Å². The van der Waals surface area contributed by atoms with Gasteiger partial charge in [-0.05, 0) is 30.0 Å². The van der Waals surface area contributed by atoms with Gasteiger partial charge in [0.2, 0.25) is 0 Å². The quantitative estimate of drug-likeness (QED) is 0.808. The van der Waals surface area contributed by atoms with Crippen molar-refractivity contribution in [3.8, 4) is 0 Å². The first-order chi connectivity index (χ1) is 9.47. The van der Waals surface area contributed by atoms with Gasteiger partial charge < -0.3 is 5.11 Å². The zero-order valence-corrected chi connectivity index (χ0v) is 11.7. The Hall–Kier alpha value is -2.19. The average Bonchev–Trinajstić information content (AvgIpc) is 2.73. The third-order valence-corrected chi connectivity index (χ3v) is 3.50. The molecule has 0 spiro atoms. The Morgan fingerprint density at radius 1 is 1.30 bits per heavy atom. The van der Waals surface area contributed by atoms with Gasteiger partial charge in [-0.15, -0.1) is 21.5 Å². The number of thiophene rings is 1. The van der Waals surface area contributed by atoms with Crippen LogP contribution in [0, 0.1) is 6.92 Å². The maximum Gasteiger partial charge on any atom is 0.338 e. The lowest BCUT2D eigenvalue weighted by molar-refractivity contribution is 0.0698. The van der Waals surface area contributed by atoms with E-state index in [0.717, 1.165) is 11.3 Å². The Balaban J connectivity index is 2.09. The molecule has 0 saturated carbocycles. The molecule has 0 aliphatic rings. The minimum absolute atomic E-state index is 0.0762. The van der Waals surface area contributed by atoms with E-state index < -0.39 is 12.0 Å². The second-order valence-corrected chi connectivity index (χ2v) is 5.02. The fourth-order valence-electron chi connectivity index (χ4n) is 1.44. The summed E-state index contributed by atoms with van der Waals surface area (Å²) < 4.78 is 0. The fourth-order valence-corrected chi connectivity index (χ4v) is 2.47. The predicted molar refractivity (Wildman–Crippen MR) is 75.7 cm³/mol. The van der Waals surface area contributed by atoms with Crippen molar-refractivity contribution in [1.82, 2.24) is 10.2 Å². The monoisotopic (exact) mass is 312 g/mol. The molecule has 2 aromatic heterocycles. The molecule has 2 rings (SSSR count). The smallest absolute Gasteiger partial charge is 0.338 e. The molecule has 0 radical (unpaired) electrons. The van der Waals surface area contributed by atoms with Crippen molar-refractivity contribution in [3.05, 3.63) is 33.8 Å². The van der Waals surface area contributed by atoms with Crippen LogP contribution in [0.5, 0.6) is 0 Å². The Morgan fingerprint density at radius 3 is 2.65 bits per heavy atom. The van der Waals surface area contributed by atoms with E-state index in [1.54, 1.807) is 12.3 Å². The van der Waals surface area contributed by atoms with Gasteiger partial charge >= 0.3 is 12.0 Å². The van der Waals surface area contributed by atoms with Crippen LogP contribution in [0.15, 0.2) is 17.5 Å². The number of aryl methyl sites for hydroxylation is 1. The molecule has 0 fully saturated rings. The molecule has 20 heavy (non-hydrogen) atoms. The molecule has 7 nitrogen and oxygen atoms in total. The third kappa shape index (κ3) is 3.22. The molecule has 9 heteroatoms. The van der Waals surface area contributed by atoms with Crippen molar-refractivity contribution in [1.29, 1.82) is 0 Å². The summed E-state index contributed by atoms with van der Waals surface area (Å²) in [6.45, 7) is 1.66. The molecular formula is C11H9ClN4O3S. The van der Waals surface area contributed by atoms with Crippen LogP contribution in [-0.2, 0) is 0 Å². The maximum atomic E-state index is 11.7. The van der Waals surface area contributed by atoms with Crippen molar-refractivity contribution < 1.29 is 14.7 Å². The summed E-state index contributed by atoms with van der Waals surface area (Å²) in [4.78, 5) is 22.8. The number of hydrogen-bond acceptors (Lipinski definition) is 5. The van der Waals surface area contributed by atoms with E-state index >= 15 is 0 Å². The number of aromatic nitrogens is 2. The Morgan fingerprint density at radius 2 is 2.05 bits per heavy atom. The van der Waals surface area contributed by atoms with Crippen LogP contribution in [-0.4, -0.2) is 27.3 Å². The van der Waals surface area contributed by atoms with Gasteiger partial charge in [-0.25, -0.2) is 9.59 Å². The molecule has 2 aromatic rings. The predicted octanol–water partition coefficient (Wildman–Crippen LogP) is 2.84. The van der Waals surface area contributed by atoms with E-state index in [1.165, 1.54) is 12.1 Å². The number of carbonyl (C=O) groups excluding carboxylic acids is 1. The van der Waals surface area contributed by atoms with E-state index in [9.17, 15) is 9.59 Å². The molecule has 0 bridgehead atoms. The van der Waals surface area contributed by atoms with E-state index in [-0.39, 0.29) is 21.5 Å². The lowest BCUT2D eigenvalue weighted by Gasteiger charge is -2.06. The first-order valence-corrected chi connectivity index (χ1v) is 6.61. The molecule has 3 N–H and O–H groups in total. The van der Waals surface area contributed by atoms with Gasteiger partial charge in [-0.3, -0.25) is 10.6 Å². The fraction of sp³-hybridized carbons (Fsp3) is 0.0909. The Bertz CT molecular complexity index is 656. The molecule has 0 saturated heterocycles. The van der Waals surface area contributed by atoms with E-state index in [2.05, 4.69) is 20.8 Å². The average molecular weight is 313 g/mol. The summed E-state index contributed by atoms with van der Waals surface area (Å²) in [6, 6.07) is 2.35. The highest BCUT2D eigenvalue weighted by Crippen LogP contribution is 2.27. The standard InChI is InChI=1S/C11H9ClN4O3S/c1-5-4-20-9(8(5)10(17)18)14-11(19)13-7-3-2-6(12)15-16-7/h2-4H,1H3,(H,17,18)(H2,13,14,16,19). The number of carboxylic acid groups (broad SMARTS) is 1. The summed E-state index contributed by atoms with van der Waals surface area (Å²) in [7, 11) is 0. The van der Waals surface area contributed by atoms with Crippen molar-refractivity contribution in [2.45, 2.75) is 6.92 Å². The Labute approximate surface area is 122 Å². The van der Waals surface area contributed by atoms with Gasteiger partial charge in [0.25, 0.3) is 0 Å². The van der Waals surface area contributed by atoms with Crippen LogP contribution >= 0.6 is 22.9 Å². The molecule has 0 unspecified atom stereocenters. The number of urea groups is 1. The number of halogens is 1. The molecule has 2 heterocycles. The molecule has 0 atom stereocenters. The van der Waals surface area contributed by atoms with E-state index in [0.29, 0.717) is 5.56 Å². The summed E-state index contributed by atoms with van der Waals surface area (Å²) in [5.41, 5.74) is 0.663. The first kappa shape index (κ1) is 14.2. The number of nitrogens with one attached hydrogen (secondary N) is 2. The van der Waals surface area contributed by atoms with Gasteiger partial charge in [0.05, 0.1) is 5.56 Å². The van der Waals surface area contributed by atoms with Crippen molar-refractivity contribution in [2.24, 2.45) is 0 Å². The van der Waals surface area contributed by atoms with Crippen molar-refractivity contribution in [2.75, 3.05) is 10.6 Å². The van der Waals surface area contributed by atoms with Gasteiger partial charge in [-0.2, -0.15) is 0 Å². The third-order valence-electron chi connectivity index (χ3n) is 2.29. The number of carboxylic acids is 1. The van der Waals surface area contributed by atoms with Gasteiger partial charge in [0, 0.05) is 0 Å². The summed E-state index contributed by atoms with van der Waals surface area (Å²) >= 11 is 6.71. The summed E-state index contributed by atoms with van der Waals surface area (Å²) in [5.74, 6) is -0.887. The largest absolute Gasteiger partial charge is 0.478 e. The first-order valence-electron chi connectivity index (χ1n) is 5.36. The lowest BCUT2D eigenvalue weighted by atomic mass is 10.2. The number of rotatable bonds is 3. The highest BCUT2D eigenvalue weighted by Gasteiger charge is 2.17. The number of nitrogens with zero attached hydrogens (tertiary/aromatic N) is 2. The molecule has 104 valence electrons. The zero-order chi connectivity index (χ0) is 14.7. The minimum atomic E-state index is -1.09. The summed E-state index contributed by atoms with van der Waals surface area (Å²) in [6.07, 6.45) is 0. The van der Waals surface area contributed by atoms with Crippen molar-refractivity contribution >= 4 is 45.8 Å². The number of hydrogen-bond donors (Lipinski definition) is 3. The number of amides is 2. The molecule has 0 aliphatic carbocycles. The molecule has 0 aromatic carbocycles. The van der Waals surface area contributed by atoms with Crippen LogP contribution in [0.2, 0.25) is 5.15 Å². The molecular weight excluding hydrogens is 304 g/mol. The maximum absolute atomic E-state index is 11.7. The highest BCUT2D eigenvalue weighted by atomic mass is 35.5. The second kappa shape index (κ2) is 5.85. The van der Waals surface area contributed by atoms with Crippen LogP contribution in [0.1, 0.15) is 15.9 Å². The molecule has 2 amide bonds. The molecule has 0 aliphatic heterocycles. The normalized spacial score (nSPS) is 10.1. The Kier molecular flexibility index (Phi) is 4.16. The van der Waals surface area contributed by atoms with Gasteiger partial charge in [0.1, 0.15) is 5.00 Å². The summed E-state index contributed by atoms with van der Waals surface area (Å²) in [5, 5.41) is 23.3. The highest BCUT2D eigenvalue weighted by molar-refractivity contribution is 7.15. The number of anilines is 2. The van der Waals surface area contributed by atoms with E-state index in [4.69, 9.17) is 16.7 Å². The number of carbonyl (C=O) groups is 2. The SMILES string of the molecule is Cc1csc(NC(=O)Nc2ccc(Cl)nn2)c1C(=O)O. The van der Waals surface area contributed by atoms with Crippen LogP contribution in [0.3, 0.4) is 0 Å². The zero-order valence-electron chi connectivity index (χ0n) is 10.2. The van der Waals surface area contributed by atoms with Crippen LogP contribution in [0.25, 0.3) is 0 Å². The van der Waals surface area contributed by atoms with Gasteiger partial charge in [-0.1, -0.05) is 11.6 Å². The van der Waals surface area contributed by atoms with Crippen molar-refractivity contribution in [3.63, 3.8) is 0 Å². The lowest BCUT2D eigenvalue weighted by Crippen LogP contribution is -2.21. The van der Waals surface area contributed by atoms with E-state index in [1.807, 2.05) is 0 Å². The van der Waals surface area contributed by atoms with Crippen LogP contribution < -0.4 is 10.6 Å². The minimum Gasteiger partial charge on any atom is -0.478 e. The number of aromatic carboxylic acids is 1. The second-order valence-electron chi connectivity index (χ2n) is 3.75.